The number of esters is 2. The van der Waals surface area contributed by atoms with Gasteiger partial charge in [-0.05, 0) is 57.1 Å². The molecular formula is C30H49IO8. The van der Waals surface area contributed by atoms with Crippen LogP contribution in [0.15, 0.2) is 36.0 Å². The van der Waals surface area contributed by atoms with Gasteiger partial charge in [-0.1, -0.05) is 74.6 Å². The van der Waals surface area contributed by atoms with Crippen molar-refractivity contribution in [2.24, 2.45) is 17.8 Å². The molecular weight excluding hydrogens is 615 g/mol. The van der Waals surface area contributed by atoms with Crippen LogP contribution < -0.4 is 0 Å². The molecule has 0 saturated heterocycles. The lowest BCUT2D eigenvalue weighted by Gasteiger charge is -2.32. The quantitative estimate of drug-likeness (QED) is 0.0888. The Bertz CT molecular complexity index is 867. The Morgan fingerprint density at radius 1 is 1.28 bits per heavy atom. The molecule has 0 amide bonds. The van der Waals surface area contributed by atoms with E-state index in [2.05, 4.69) is 29.5 Å². The first kappa shape index (κ1) is 35.8. The van der Waals surface area contributed by atoms with E-state index in [1.807, 2.05) is 45.9 Å². The molecule has 10 unspecified atom stereocenters. The van der Waals surface area contributed by atoms with Crippen LogP contribution in [0.4, 0.5) is 0 Å². The lowest BCUT2D eigenvalue weighted by molar-refractivity contribution is -0.157. The van der Waals surface area contributed by atoms with Crippen molar-refractivity contribution in [3.63, 3.8) is 0 Å². The molecule has 0 saturated carbocycles. The number of cyclic esters (lactones) is 1. The van der Waals surface area contributed by atoms with Crippen molar-refractivity contribution in [2.45, 2.75) is 121 Å². The third-order valence-corrected chi connectivity index (χ3v) is 8.64. The van der Waals surface area contributed by atoms with Gasteiger partial charge in [0.05, 0.1) is 24.7 Å². The maximum atomic E-state index is 12.6. The first-order chi connectivity index (χ1) is 18.1. The van der Waals surface area contributed by atoms with E-state index in [9.17, 15) is 30.0 Å². The molecule has 1 aliphatic rings. The number of allylic oxidation sites excluding steroid dienone is 3. The summed E-state index contributed by atoms with van der Waals surface area (Å²) >= 11 is 2.24. The number of rotatable bonds is 10. The maximum Gasteiger partial charge on any atom is 0.309 e. The molecule has 0 bridgehead atoms. The number of alkyl halides is 1. The van der Waals surface area contributed by atoms with Crippen LogP contribution in [0, 0.1) is 17.8 Å². The predicted molar refractivity (Wildman–Crippen MR) is 160 cm³/mol. The largest absolute Gasteiger partial charge is 0.457 e. The molecule has 224 valence electrons. The Balaban J connectivity index is 3.07. The molecule has 8 nitrogen and oxygen atoms in total. The van der Waals surface area contributed by atoms with Gasteiger partial charge in [-0.15, -0.1) is 0 Å². The predicted octanol–water partition coefficient (Wildman–Crippen LogP) is 4.42. The van der Waals surface area contributed by atoms with Crippen LogP contribution >= 0.6 is 22.6 Å². The third kappa shape index (κ3) is 12.4. The Morgan fingerprint density at radius 3 is 2.51 bits per heavy atom. The van der Waals surface area contributed by atoms with Gasteiger partial charge in [0.25, 0.3) is 0 Å². The summed E-state index contributed by atoms with van der Waals surface area (Å²) in [6.45, 7) is 12.4. The van der Waals surface area contributed by atoms with Crippen LogP contribution in [0.5, 0.6) is 0 Å². The summed E-state index contributed by atoms with van der Waals surface area (Å²) < 4.78 is 11.1. The molecule has 10 atom stereocenters. The topological polar surface area (TPSA) is 134 Å². The number of hydrogen-bond acceptors (Lipinski definition) is 8. The van der Waals surface area contributed by atoms with Crippen LogP contribution in [0.1, 0.15) is 80.6 Å². The van der Waals surface area contributed by atoms with Crippen molar-refractivity contribution in [1.82, 2.24) is 0 Å². The second-order valence-corrected chi connectivity index (χ2v) is 12.9. The van der Waals surface area contributed by atoms with Crippen molar-refractivity contribution in [1.29, 1.82) is 0 Å². The zero-order chi connectivity index (χ0) is 29.9. The Kier molecular flexibility index (Phi) is 15.5. The van der Waals surface area contributed by atoms with Gasteiger partial charge in [0.15, 0.2) is 0 Å². The molecule has 1 heterocycles. The number of halogens is 1. The Hall–Kier alpha value is -1.27. The molecule has 0 fully saturated rings. The normalized spacial score (nSPS) is 32.2. The molecule has 0 aromatic rings. The van der Waals surface area contributed by atoms with E-state index < -0.39 is 48.1 Å². The molecule has 1 aliphatic heterocycles. The van der Waals surface area contributed by atoms with E-state index in [4.69, 9.17) is 9.47 Å². The summed E-state index contributed by atoms with van der Waals surface area (Å²) in [5.74, 6) is -1.40. The van der Waals surface area contributed by atoms with Gasteiger partial charge >= 0.3 is 11.9 Å². The number of carbonyl (C=O) groups is 2. The fourth-order valence-electron chi connectivity index (χ4n) is 4.62. The fourth-order valence-corrected chi connectivity index (χ4v) is 6.08. The highest BCUT2D eigenvalue weighted by molar-refractivity contribution is 14.1. The number of hydrogen-bond donors (Lipinski definition) is 4. The monoisotopic (exact) mass is 664 g/mol. The van der Waals surface area contributed by atoms with Gasteiger partial charge in [-0.3, -0.25) is 9.59 Å². The van der Waals surface area contributed by atoms with Gasteiger partial charge in [-0.25, -0.2) is 0 Å². The number of ether oxygens (including phenoxy) is 2. The van der Waals surface area contributed by atoms with Crippen LogP contribution in [-0.2, 0) is 19.1 Å². The highest BCUT2D eigenvalue weighted by Gasteiger charge is 2.35. The third-order valence-electron chi connectivity index (χ3n) is 7.40. The Labute approximate surface area is 247 Å². The first-order valence-corrected chi connectivity index (χ1v) is 15.1. The molecule has 4 N–H and O–H groups in total. The minimum atomic E-state index is -1.41. The zero-order valence-corrected chi connectivity index (χ0v) is 26.6. The lowest BCUT2D eigenvalue weighted by Crippen LogP contribution is -2.42. The van der Waals surface area contributed by atoms with Crippen molar-refractivity contribution in [3.05, 3.63) is 36.0 Å². The summed E-state index contributed by atoms with van der Waals surface area (Å²) in [5, 5.41) is 42.0. The summed E-state index contributed by atoms with van der Waals surface area (Å²) in [7, 11) is 0. The standard InChI is InChI=1S/C30H49IO8/c1-8-25(34)21(5)28(36)24(31)16-18(2)10-9-11-19(3)29-20(4)12-13-26(38-22(6)32)30(7,37)15-14-23(33)17-27(35)39-29/h9-13,18,20-21,23-26,28-29,33-34,36-37H,8,14-17H2,1-7H3/b10-9+,13-12-,19-11+. The maximum absolute atomic E-state index is 12.6. The summed E-state index contributed by atoms with van der Waals surface area (Å²) in [6, 6.07) is 0. The minimum Gasteiger partial charge on any atom is -0.457 e. The van der Waals surface area contributed by atoms with Gasteiger partial charge in [0, 0.05) is 22.7 Å². The second kappa shape index (κ2) is 16.9. The number of carbonyl (C=O) groups excluding carboxylic acids is 2. The molecule has 0 radical (unpaired) electrons. The van der Waals surface area contributed by atoms with Crippen LogP contribution in [0.2, 0.25) is 0 Å². The number of aliphatic hydroxyl groups excluding tert-OH is 3. The van der Waals surface area contributed by atoms with Crippen molar-refractivity contribution in [2.75, 3.05) is 0 Å². The fraction of sp³-hybridized carbons (Fsp3) is 0.733. The van der Waals surface area contributed by atoms with Crippen LogP contribution in [-0.4, -0.2) is 72.4 Å². The van der Waals surface area contributed by atoms with E-state index in [1.165, 1.54) is 6.92 Å². The van der Waals surface area contributed by atoms with E-state index in [0.717, 1.165) is 12.0 Å². The summed E-state index contributed by atoms with van der Waals surface area (Å²) in [5.41, 5.74) is -0.626. The smallest absolute Gasteiger partial charge is 0.309 e. The SMILES string of the molecule is CCC(O)C(C)C(O)C(I)CC(C)/C=C/C=C(\C)C1OC(=O)CC(O)CCC(C)(O)C(OC(C)=O)/C=C\C1C. The highest BCUT2D eigenvalue weighted by Crippen LogP contribution is 2.28. The summed E-state index contributed by atoms with van der Waals surface area (Å²) in [4.78, 5) is 24.3. The molecule has 0 spiro atoms. The average Bonchev–Trinajstić information content (AvgIpc) is 2.85. The lowest BCUT2D eigenvalue weighted by atomic mass is 9.88. The average molecular weight is 665 g/mol. The van der Waals surface area contributed by atoms with Crippen molar-refractivity contribution in [3.8, 4) is 0 Å². The van der Waals surface area contributed by atoms with Crippen molar-refractivity contribution < 1.29 is 39.5 Å². The van der Waals surface area contributed by atoms with E-state index in [0.29, 0.717) is 6.42 Å². The highest BCUT2D eigenvalue weighted by atomic mass is 127. The van der Waals surface area contributed by atoms with Crippen molar-refractivity contribution >= 4 is 34.5 Å². The first-order valence-electron chi connectivity index (χ1n) is 13.9. The van der Waals surface area contributed by atoms with Crippen LogP contribution in [0.3, 0.4) is 0 Å². The van der Waals surface area contributed by atoms with Gasteiger partial charge in [0.2, 0.25) is 0 Å². The van der Waals surface area contributed by atoms with Gasteiger partial charge < -0.3 is 29.9 Å². The Morgan fingerprint density at radius 2 is 1.92 bits per heavy atom. The van der Waals surface area contributed by atoms with Crippen LogP contribution in [0.25, 0.3) is 0 Å². The van der Waals surface area contributed by atoms with E-state index >= 15 is 0 Å². The molecule has 0 aromatic heterocycles. The molecule has 0 aliphatic carbocycles. The second-order valence-electron chi connectivity index (χ2n) is 11.3. The molecule has 39 heavy (non-hydrogen) atoms. The number of aliphatic hydroxyl groups is 4. The minimum absolute atomic E-state index is 0.0187. The van der Waals surface area contributed by atoms with Gasteiger partial charge in [0.1, 0.15) is 17.8 Å². The molecule has 9 heteroatoms. The molecule has 1 rings (SSSR count). The summed E-state index contributed by atoms with van der Waals surface area (Å²) in [6.07, 6.45) is 6.94. The molecule has 0 aromatic carbocycles. The van der Waals surface area contributed by atoms with E-state index in [-0.39, 0.29) is 40.9 Å². The zero-order valence-electron chi connectivity index (χ0n) is 24.4. The van der Waals surface area contributed by atoms with Gasteiger partial charge in [-0.2, -0.15) is 0 Å². The van der Waals surface area contributed by atoms with E-state index in [1.54, 1.807) is 19.1 Å².